The van der Waals surface area contributed by atoms with E-state index >= 15 is 0 Å². The predicted octanol–water partition coefficient (Wildman–Crippen LogP) is 2.81. The maximum atomic E-state index is 10.7. The number of hydrogen-bond donors (Lipinski definition) is 0. The van der Waals surface area contributed by atoms with E-state index in [4.69, 9.17) is 6.42 Å². The predicted molar refractivity (Wildman–Crippen MR) is 59.7 cm³/mol. The second-order valence-electron chi connectivity index (χ2n) is 4.03. The van der Waals surface area contributed by atoms with Crippen LogP contribution in [0.5, 0.6) is 0 Å². The third kappa shape index (κ3) is 2.16. The van der Waals surface area contributed by atoms with Gasteiger partial charge in [-0.3, -0.25) is 10.1 Å². The van der Waals surface area contributed by atoms with Crippen LogP contribution in [0.3, 0.4) is 0 Å². The van der Waals surface area contributed by atoms with Crippen molar-refractivity contribution in [1.82, 2.24) is 0 Å². The number of benzene rings is 1. The van der Waals surface area contributed by atoms with Gasteiger partial charge in [0.05, 0.1) is 10.3 Å². The summed E-state index contributed by atoms with van der Waals surface area (Å²) in [6, 6.07) is 5.12. The monoisotopic (exact) mass is 203 g/mol. The van der Waals surface area contributed by atoms with Crippen LogP contribution in [0, 0.1) is 29.4 Å². The van der Waals surface area contributed by atoms with Crippen molar-refractivity contribution in [2.75, 3.05) is 0 Å². The van der Waals surface area contributed by atoms with Crippen LogP contribution in [0.4, 0.5) is 5.69 Å². The molecule has 0 radical (unpaired) electrons. The minimum atomic E-state index is -0.474. The molecule has 1 rings (SSSR count). The van der Waals surface area contributed by atoms with Crippen LogP contribution in [-0.2, 0) is 5.41 Å². The Labute approximate surface area is 89.3 Å². The Hall–Kier alpha value is -1.82. The van der Waals surface area contributed by atoms with Crippen LogP contribution < -0.4 is 0 Å². The lowest BCUT2D eigenvalue weighted by Crippen LogP contribution is -2.14. The third-order valence-electron chi connectivity index (χ3n) is 2.49. The third-order valence-corrected chi connectivity index (χ3v) is 2.49. The van der Waals surface area contributed by atoms with E-state index in [1.165, 1.54) is 0 Å². The zero-order valence-corrected chi connectivity index (χ0v) is 9.07. The molecule has 0 saturated carbocycles. The summed E-state index contributed by atoms with van der Waals surface area (Å²) >= 11 is 0. The lowest BCUT2D eigenvalue weighted by atomic mass is 9.85. The summed E-state index contributed by atoms with van der Waals surface area (Å²) < 4.78 is 0. The number of nitro groups is 1. The van der Waals surface area contributed by atoms with Crippen LogP contribution in [0.2, 0.25) is 0 Å². The molecule has 0 atom stereocenters. The molecular weight excluding hydrogens is 190 g/mol. The van der Waals surface area contributed by atoms with Crippen molar-refractivity contribution in [1.29, 1.82) is 0 Å². The molecule has 0 aliphatic heterocycles. The maximum Gasteiger partial charge on any atom is 0.272 e. The number of rotatable bonds is 2. The fourth-order valence-corrected chi connectivity index (χ4v) is 1.28. The van der Waals surface area contributed by atoms with Gasteiger partial charge in [-0.15, -0.1) is 6.42 Å². The van der Waals surface area contributed by atoms with Crippen LogP contribution >= 0.6 is 0 Å². The highest BCUT2D eigenvalue weighted by molar-refractivity contribution is 5.46. The van der Waals surface area contributed by atoms with Gasteiger partial charge >= 0.3 is 0 Å². The molecule has 0 aliphatic carbocycles. The van der Waals surface area contributed by atoms with Gasteiger partial charge in [-0.05, 0) is 26.3 Å². The van der Waals surface area contributed by atoms with E-state index in [0.717, 1.165) is 5.56 Å². The Kier molecular flexibility index (Phi) is 2.81. The quantitative estimate of drug-likeness (QED) is 0.421. The average molecular weight is 203 g/mol. The van der Waals surface area contributed by atoms with Crippen LogP contribution in [0.1, 0.15) is 25.0 Å². The van der Waals surface area contributed by atoms with Gasteiger partial charge in [0.2, 0.25) is 0 Å². The maximum absolute atomic E-state index is 10.7. The minimum Gasteiger partial charge on any atom is -0.258 e. The van der Waals surface area contributed by atoms with Crippen molar-refractivity contribution < 1.29 is 4.92 Å². The van der Waals surface area contributed by atoms with E-state index < -0.39 is 5.41 Å². The van der Waals surface area contributed by atoms with Crippen LogP contribution in [-0.4, -0.2) is 4.92 Å². The van der Waals surface area contributed by atoms with Gasteiger partial charge in [-0.25, -0.2) is 0 Å². The second kappa shape index (κ2) is 3.74. The number of nitrogens with zero attached hydrogens (tertiary/aromatic N) is 1. The Balaban J connectivity index is 3.33. The van der Waals surface area contributed by atoms with Crippen molar-refractivity contribution >= 4 is 5.69 Å². The second-order valence-corrected chi connectivity index (χ2v) is 4.03. The number of terminal acetylenes is 1. The molecule has 0 aliphatic rings. The zero-order valence-electron chi connectivity index (χ0n) is 9.07. The van der Waals surface area contributed by atoms with Crippen LogP contribution in [0.15, 0.2) is 18.2 Å². The Morgan fingerprint density at radius 2 is 2.07 bits per heavy atom. The summed E-state index contributed by atoms with van der Waals surface area (Å²) in [4.78, 5) is 10.4. The zero-order chi connectivity index (χ0) is 11.6. The Morgan fingerprint density at radius 3 is 2.53 bits per heavy atom. The molecule has 1 aromatic rings. The first-order valence-corrected chi connectivity index (χ1v) is 4.62. The Bertz CT molecular complexity index is 441. The molecule has 0 aromatic heterocycles. The van der Waals surface area contributed by atoms with Gasteiger partial charge in [0.25, 0.3) is 5.69 Å². The molecular formula is C12H13NO2. The summed E-state index contributed by atoms with van der Waals surface area (Å²) in [5, 5.41) is 10.7. The van der Waals surface area contributed by atoms with E-state index in [2.05, 4.69) is 5.92 Å². The fourth-order valence-electron chi connectivity index (χ4n) is 1.28. The highest BCUT2D eigenvalue weighted by atomic mass is 16.6. The molecule has 0 spiro atoms. The van der Waals surface area contributed by atoms with Gasteiger partial charge in [-0.1, -0.05) is 18.1 Å². The van der Waals surface area contributed by atoms with E-state index in [1.807, 2.05) is 19.9 Å². The number of hydrogen-bond acceptors (Lipinski definition) is 2. The van der Waals surface area contributed by atoms with Gasteiger partial charge in [0.15, 0.2) is 0 Å². The van der Waals surface area contributed by atoms with Crippen molar-refractivity contribution in [3.05, 3.63) is 39.4 Å². The lowest BCUT2D eigenvalue weighted by molar-refractivity contribution is -0.385. The molecule has 3 heteroatoms. The molecule has 0 unspecified atom stereocenters. The molecule has 0 bridgehead atoms. The standard InChI is InChI=1S/C12H13NO2/c1-5-12(3,4)10-7-6-9(2)11(8-10)13(14)15/h1,6-8H,2-4H3. The number of aryl methyl sites for hydroxylation is 1. The molecule has 15 heavy (non-hydrogen) atoms. The van der Waals surface area contributed by atoms with E-state index in [1.54, 1.807) is 19.1 Å². The van der Waals surface area contributed by atoms with Gasteiger partial charge < -0.3 is 0 Å². The summed E-state index contributed by atoms with van der Waals surface area (Å²) in [6.07, 6.45) is 5.38. The van der Waals surface area contributed by atoms with E-state index in [0.29, 0.717) is 5.56 Å². The molecule has 0 amide bonds. The topological polar surface area (TPSA) is 43.1 Å². The van der Waals surface area contributed by atoms with Crippen molar-refractivity contribution in [2.24, 2.45) is 0 Å². The average Bonchev–Trinajstić information content (AvgIpc) is 2.17. The van der Waals surface area contributed by atoms with Gasteiger partial charge in [0, 0.05) is 11.6 Å². The summed E-state index contributed by atoms with van der Waals surface area (Å²) in [6.45, 7) is 5.44. The molecule has 1 aromatic carbocycles. The first kappa shape index (κ1) is 11.3. The first-order chi connectivity index (χ1) is 6.88. The smallest absolute Gasteiger partial charge is 0.258 e. The summed E-state index contributed by atoms with van der Waals surface area (Å²) in [7, 11) is 0. The molecule has 0 N–H and O–H groups in total. The Morgan fingerprint density at radius 1 is 1.47 bits per heavy atom. The fraction of sp³-hybridized carbons (Fsp3) is 0.333. The van der Waals surface area contributed by atoms with E-state index in [-0.39, 0.29) is 10.6 Å². The summed E-state index contributed by atoms with van der Waals surface area (Å²) in [5.74, 6) is 2.62. The van der Waals surface area contributed by atoms with E-state index in [9.17, 15) is 10.1 Å². The molecule has 0 fully saturated rings. The van der Waals surface area contributed by atoms with Crippen molar-refractivity contribution in [3.8, 4) is 12.3 Å². The molecule has 3 nitrogen and oxygen atoms in total. The van der Waals surface area contributed by atoms with Gasteiger partial charge in [0.1, 0.15) is 0 Å². The summed E-state index contributed by atoms with van der Waals surface area (Å²) in [5.41, 5.74) is 1.09. The van der Waals surface area contributed by atoms with Gasteiger partial charge in [-0.2, -0.15) is 0 Å². The molecule has 0 saturated heterocycles. The SMILES string of the molecule is C#CC(C)(C)c1ccc(C)c([N+](=O)[O-])c1. The minimum absolute atomic E-state index is 0.121. The van der Waals surface area contributed by atoms with Crippen molar-refractivity contribution in [3.63, 3.8) is 0 Å². The first-order valence-electron chi connectivity index (χ1n) is 4.62. The highest BCUT2D eigenvalue weighted by Gasteiger charge is 2.21. The van der Waals surface area contributed by atoms with Crippen molar-refractivity contribution in [2.45, 2.75) is 26.2 Å². The number of nitro benzene ring substituents is 1. The molecule has 78 valence electrons. The molecule has 0 heterocycles. The highest BCUT2D eigenvalue weighted by Crippen LogP contribution is 2.27. The normalized spacial score (nSPS) is 10.8. The largest absolute Gasteiger partial charge is 0.272 e. The van der Waals surface area contributed by atoms with Crippen LogP contribution in [0.25, 0.3) is 0 Å². The lowest BCUT2D eigenvalue weighted by Gasteiger charge is -2.17.